The van der Waals surface area contributed by atoms with E-state index in [4.69, 9.17) is 18.3 Å². The van der Waals surface area contributed by atoms with E-state index in [0.29, 0.717) is 27.0 Å². The molecule has 2 heterocycles. The monoisotopic (exact) mass is 418 g/mol. The summed E-state index contributed by atoms with van der Waals surface area (Å²) < 4.78 is 21.7. The molecule has 3 rings (SSSR count). The van der Waals surface area contributed by atoms with Crippen molar-refractivity contribution in [3.8, 4) is 0 Å². The quantitative estimate of drug-likeness (QED) is 0.425. The summed E-state index contributed by atoms with van der Waals surface area (Å²) in [5.74, 6) is -0.613. The van der Waals surface area contributed by atoms with E-state index in [1.807, 2.05) is 6.07 Å². The Morgan fingerprint density at radius 2 is 1.92 bits per heavy atom. The van der Waals surface area contributed by atoms with Crippen LogP contribution in [0, 0.1) is 0 Å². The van der Waals surface area contributed by atoms with E-state index in [2.05, 4.69) is 15.9 Å². The number of carbonyl (C=O) groups excluding carboxylic acids is 2. The third-order valence-electron chi connectivity index (χ3n) is 3.50. The molecule has 3 aromatic rings. The number of halogens is 1. The summed E-state index contributed by atoms with van der Waals surface area (Å²) in [5.41, 5.74) is 0.999. The van der Waals surface area contributed by atoms with Gasteiger partial charge in [0.25, 0.3) is 0 Å². The Hall–Kier alpha value is -2.80. The predicted octanol–water partition coefficient (Wildman–Crippen LogP) is 4.72. The molecule has 134 valence electrons. The van der Waals surface area contributed by atoms with Crippen molar-refractivity contribution in [2.24, 2.45) is 0 Å². The largest absolute Gasteiger partial charge is 0.460 e. The standard InChI is InChI=1S/C19H15BrO6/c1-2-23-19(22)18-14(13-5-3-4-6-15(13)26-18)11-24-17(21)10-8-12-7-9-16(20)25-12/h3-10H,2,11H2,1H3/b10-8+. The Morgan fingerprint density at radius 1 is 1.12 bits per heavy atom. The molecule has 0 saturated heterocycles. The minimum Gasteiger partial charge on any atom is -0.460 e. The molecular formula is C19H15BrO6. The van der Waals surface area contributed by atoms with Gasteiger partial charge in [0.05, 0.1) is 12.2 Å². The maximum atomic E-state index is 12.1. The van der Waals surface area contributed by atoms with Crippen LogP contribution in [0.4, 0.5) is 0 Å². The number of benzene rings is 1. The first kappa shape index (κ1) is 18.0. The minimum atomic E-state index is -0.592. The second-order valence-corrected chi connectivity index (χ2v) is 5.99. The molecule has 7 heteroatoms. The lowest BCUT2D eigenvalue weighted by atomic mass is 10.1. The predicted molar refractivity (Wildman–Crippen MR) is 97.4 cm³/mol. The number of hydrogen-bond donors (Lipinski definition) is 0. The zero-order valence-electron chi connectivity index (χ0n) is 13.9. The molecule has 2 aromatic heterocycles. The van der Waals surface area contributed by atoms with Crippen LogP contribution in [0.5, 0.6) is 0 Å². The van der Waals surface area contributed by atoms with E-state index in [9.17, 15) is 9.59 Å². The number of ether oxygens (including phenoxy) is 2. The van der Waals surface area contributed by atoms with Gasteiger partial charge < -0.3 is 18.3 Å². The summed E-state index contributed by atoms with van der Waals surface area (Å²) in [4.78, 5) is 24.1. The molecule has 0 aliphatic heterocycles. The smallest absolute Gasteiger partial charge is 0.374 e. The van der Waals surface area contributed by atoms with Crippen LogP contribution in [-0.4, -0.2) is 18.5 Å². The van der Waals surface area contributed by atoms with Crippen LogP contribution < -0.4 is 0 Å². The van der Waals surface area contributed by atoms with Gasteiger partial charge in [0, 0.05) is 11.5 Å². The van der Waals surface area contributed by atoms with E-state index in [-0.39, 0.29) is 19.0 Å². The summed E-state index contributed by atoms with van der Waals surface area (Å²) >= 11 is 3.18. The van der Waals surface area contributed by atoms with Crippen molar-refractivity contribution in [3.63, 3.8) is 0 Å². The Morgan fingerprint density at radius 3 is 2.65 bits per heavy atom. The van der Waals surface area contributed by atoms with Crippen LogP contribution in [0.2, 0.25) is 0 Å². The van der Waals surface area contributed by atoms with Crippen molar-refractivity contribution in [1.82, 2.24) is 0 Å². The Bertz CT molecular complexity index is 965. The van der Waals surface area contributed by atoms with Gasteiger partial charge in [0.15, 0.2) is 4.67 Å². The highest BCUT2D eigenvalue weighted by Crippen LogP contribution is 2.27. The van der Waals surface area contributed by atoms with Gasteiger partial charge in [-0.3, -0.25) is 0 Å². The van der Waals surface area contributed by atoms with E-state index in [0.717, 1.165) is 0 Å². The van der Waals surface area contributed by atoms with Gasteiger partial charge in [0.1, 0.15) is 18.0 Å². The van der Waals surface area contributed by atoms with Gasteiger partial charge >= 0.3 is 11.9 Å². The van der Waals surface area contributed by atoms with Crippen molar-refractivity contribution < 1.29 is 27.9 Å². The van der Waals surface area contributed by atoms with Crippen LogP contribution in [-0.2, 0) is 20.9 Å². The number of furan rings is 2. The van der Waals surface area contributed by atoms with Crippen molar-refractivity contribution in [2.45, 2.75) is 13.5 Å². The molecule has 0 saturated carbocycles. The van der Waals surface area contributed by atoms with Gasteiger partial charge in [-0.15, -0.1) is 0 Å². The SMILES string of the molecule is CCOC(=O)c1oc2ccccc2c1COC(=O)/C=C/c1ccc(Br)o1. The normalized spacial score (nSPS) is 11.2. The molecule has 6 nitrogen and oxygen atoms in total. The summed E-state index contributed by atoms with van der Waals surface area (Å²) in [6.07, 6.45) is 2.74. The zero-order chi connectivity index (χ0) is 18.5. The number of fused-ring (bicyclic) bond motifs is 1. The first-order valence-corrected chi connectivity index (χ1v) is 8.65. The lowest BCUT2D eigenvalue weighted by Gasteiger charge is -2.04. The zero-order valence-corrected chi connectivity index (χ0v) is 15.4. The van der Waals surface area contributed by atoms with Crippen molar-refractivity contribution in [1.29, 1.82) is 0 Å². The van der Waals surface area contributed by atoms with Gasteiger partial charge in [-0.25, -0.2) is 9.59 Å². The summed E-state index contributed by atoms with van der Waals surface area (Å²) in [7, 11) is 0. The number of para-hydroxylation sites is 1. The molecule has 1 aromatic carbocycles. The lowest BCUT2D eigenvalue weighted by molar-refractivity contribution is -0.138. The first-order valence-electron chi connectivity index (χ1n) is 7.86. The summed E-state index contributed by atoms with van der Waals surface area (Å²) in [5, 5.41) is 0.697. The van der Waals surface area contributed by atoms with Crippen LogP contribution in [0.3, 0.4) is 0 Å². The molecule has 0 spiro atoms. The third-order valence-corrected chi connectivity index (χ3v) is 3.92. The van der Waals surface area contributed by atoms with E-state index in [1.165, 1.54) is 12.2 Å². The molecule has 0 bridgehead atoms. The van der Waals surface area contributed by atoms with Crippen LogP contribution in [0.25, 0.3) is 17.0 Å². The molecule has 26 heavy (non-hydrogen) atoms. The average Bonchev–Trinajstić information content (AvgIpc) is 3.21. The van der Waals surface area contributed by atoms with Crippen LogP contribution >= 0.6 is 15.9 Å². The molecule has 0 aliphatic rings. The molecule has 0 atom stereocenters. The molecular weight excluding hydrogens is 404 g/mol. The Kier molecular flexibility index (Phi) is 5.58. The third kappa shape index (κ3) is 4.05. The maximum absolute atomic E-state index is 12.1. The van der Waals surface area contributed by atoms with Crippen LogP contribution in [0.1, 0.15) is 28.8 Å². The maximum Gasteiger partial charge on any atom is 0.374 e. The fourth-order valence-electron chi connectivity index (χ4n) is 2.36. The molecule has 0 amide bonds. The topological polar surface area (TPSA) is 78.9 Å². The number of hydrogen-bond acceptors (Lipinski definition) is 6. The van der Waals surface area contributed by atoms with Crippen molar-refractivity contribution in [3.05, 3.63) is 64.2 Å². The van der Waals surface area contributed by atoms with E-state index in [1.54, 1.807) is 37.3 Å². The first-order chi connectivity index (χ1) is 12.6. The van der Waals surface area contributed by atoms with E-state index >= 15 is 0 Å². The highest BCUT2D eigenvalue weighted by molar-refractivity contribution is 9.10. The lowest BCUT2D eigenvalue weighted by Crippen LogP contribution is -2.08. The van der Waals surface area contributed by atoms with Crippen LogP contribution in [0.15, 0.2) is 56.0 Å². The molecule has 0 radical (unpaired) electrons. The van der Waals surface area contributed by atoms with E-state index < -0.39 is 11.9 Å². The number of esters is 2. The Balaban J connectivity index is 1.77. The fourth-order valence-corrected chi connectivity index (χ4v) is 2.68. The molecule has 0 unspecified atom stereocenters. The molecule has 0 fully saturated rings. The van der Waals surface area contributed by atoms with Crippen molar-refractivity contribution >= 4 is 44.9 Å². The summed E-state index contributed by atoms with van der Waals surface area (Å²) in [6.45, 7) is 1.81. The minimum absolute atomic E-state index is 0.0415. The van der Waals surface area contributed by atoms with Gasteiger partial charge in [-0.05, 0) is 47.1 Å². The summed E-state index contributed by atoms with van der Waals surface area (Å²) in [6, 6.07) is 10.6. The highest BCUT2D eigenvalue weighted by Gasteiger charge is 2.22. The highest BCUT2D eigenvalue weighted by atomic mass is 79.9. The molecule has 0 aliphatic carbocycles. The van der Waals surface area contributed by atoms with Gasteiger partial charge in [0.2, 0.25) is 5.76 Å². The van der Waals surface area contributed by atoms with Gasteiger partial charge in [-0.2, -0.15) is 0 Å². The second kappa shape index (κ2) is 8.05. The molecule has 0 N–H and O–H groups in total. The number of rotatable bonds is 6. The average molecular weight is 419 g/mol. The Labute approximate surface area is 157 Å². The number of carbonyl (C=O) groups is 2. The fraction of sp³-hybridized carbons (Fsp3) is 0.158. The second-order valence-electron chi connectivity index (χ2n) is 5.21. The van der Waals surface area contributed by atoms with Gasteiger partial charge in [-0.1, -0.05) is 18.2 Å². The van der Waals surface area contributed by atoms with Crippen molar-refractivity contribution in [2.75, 3.05) is 6.61 Å².